The van der Waals surface area contributed by atoms with Gasteiger partial charge in [-0.25, -0.2) is 4.79 Å². The second kappa shape index (κ2) is 9.81. The van der Waals surface area contributed by atoms with Crippen LogP contribution in [0.4, 0.5) is 0 Å². The Labute approximate surface area is 243 Å². The molecule has 1 aliphatic carbocycles. The molecule has 3 heterocycles. The highest BCUT2D eigenvalue weighted by molar-refractivity contribution is 5.92. The van der Waals surface area contributed by atoms with Crippen LogP contribution in [-0.4, -0.2) is 68.0 Å². The average molecular weight is 582 g/mol. The molecule has 224 valence electrons. The highest BCUT2D eigenvalue weighted by Gasteiger charge is 2.55. The van der Waals surface area contributed by atoms with Gasteiger partial charge in [0.15, 0.2) is 23.0 Å². The van der Waals surface area contributed by atoms with Crippen molar-refractivity contribution in [2.24, 2.45) is 11.8 Å². The molecule has 2 aromatic carbocycles. The van der Waals surface area contributed by atoms with Gasteiger partial charge in [0.1, 0.15) is 6.10 Å². The van der Waals surface area contributed by atoms with E-state index in [4.69, 9.17) is 33.2 Å². The lowest BCUT2D eigenvalue weighted by atomic mass is 9.66. The number of rotatable bonds is 6. The molecule has 6 rings (SSSR count). The van der Waals surface area contributed by atoms with Crippen LogP contribution in [0.2, 0.25) is 0 Å². The topological polar surface area (TPSA) is 122 Å². The van der Waals surface area contributed by atoms with Crippen molar-refractivity contribution < 1.29 is 48.0 Å². The van der Waals surface area contributed by atoms with Crippen molar-refractivity contribution in [3.8, 4) is 28.7 Å². The number of fused-ring (bicyclic) bond motifs is 3. The Bertz CT molecular complexity index is 1470. The minimum absolute atomic E-state index is 0.0505. The van der Waals surface area contributed by atoms with E-state index in [1.54, 1.807) is 19.9 Å². The zero-order valence-corrected chi connectivity index (χ0v) is 24.7. The molecular formula is C31H35NO10. The zero-order chi connectivity index (χ0) is 30.1. The van der Waals surface area contributed by atoms with Crippen LogP contribution in [0.5, 0.6) is 28.7 Å². The second-order valence-electron chi connectivity index (χ2n) is 12.0. The fourth-order valence-electron chi connectivity index (χ4n) is 6.86. The normalized spacial score (nSPS) is 26.6. The molecule has 0 bridgehead atoms. The van der Waals surface area contributed by atoms with E-state index in [9.17, 15) is 14.8 Å². The molecule has 3 aliphatic heterocycles. The lowest BCUT2D eigenvalue weighted by molar-refractivity contribution is -0.188. The first kappa shape index (κ1) is 28.2. The van der Waals surface area contributed by atoms with Crippen LogP contribution in [0, 0.1) is 11.8 Å². The maximum absolute atomic E-state index is 13.8. The quantitative estimate of drug-likeness (QED) is 0.495. The van der Waals surface area contributed by atoms with Gasteiger partial charge >= 0.3 is 11.9 Å². The molecule has 0 aromatic heterocycles. The summed E-state index contributed by atoms with van der Waals surface area (Å²) in [7, 11) is 4.59. The molecule has 0 amide bonds. The smallest absolute Gasteiger partial charge is 0.336 e. The molecule has 1 unspecified atom stereocenters. The second-order valence-corrected chi connectivity index (χ2v) is 12.0. The number of ether oxygens (including phenoxy) is 7. The minimum Gasteiger partial charge on any atom is -0.493 e. The molecule has 11 nitrogen and oxygen atoms in total. The Morgan fingerprint density at radius 2 is 1.55 bits per heavy atom. The summed E-state index contributed by atoms with van der Waals surface area (Å²) in [4.78, 5) is 27.2. The van der Waals surface area contributed by atoms with Gasteiger partial charge in [0, 0.05) is 17.4 Å². The van der Waals surface area contributed by atoms with Crippen LogP contribution in [-0.2, 0) is 19.1 Å². The molecule has 11 heteroatoms. The average Bonchev–Trinajstić information content (AvgIpc) is 3.63. The van der Waals surface area contributed by atoms with Gasteiger partial charge in [-0.1, -0.05) is 6.08 Å². The molecule has 1 saturated heterocycles. The highest BCUT2D eigenvalue weighted by atomic mass is 16.7. The molecular weight excluding hydrogens is 546 g/mol. The van der Waals surface area contributed by atoms with Crippen molar-refractivity contribution in [1.82, 2.24) is 5.06 Å². The fourth-order valence-corrected chi connectivity index (χ4v) is 6.86. The maximum atomic E-state index is 13.8. The van der Waals surface area contributed by atoms with Gasteiger partial charge in [-0.15, -0.1) is 0 Å². The van der Waals surface area contributed by atoms with Crippen molar-refractivity contribution in [2.75, 3.05) is 34.7 Å². The van der Waals surface area contributed by atoms with Crippen molar-refractivity contribution >= 4 is 11.9 Å². The minimum atomic E-state index is -0.993. The Morgan fingerprint density at radius 3 is 2.10 bits per heavy atom. The number of hydroxylamine groups is 2. The standard InChI is InChI=1S/C31H35NO10/c1-30(2)12-19(31(3,4)32(30)35)28(33)42-26-17-11-21-20(40-14-41-21)10-16(17)24(25-18(26)13-39-29(25)34)15-8-22(36-5)27(38-7)23(9-15)37-6/h8-12,18,24-26,35H,13-14H2,1-7H3/t18-,24+,25?,26+/m0/s1. The van der Waals surface area contributed by atoms with Gasteiger partial charge in [-0.05, 0) is 63.1 Å². The molecule has 0 spiro atoms. The van der Waals surface area contributed by atoms with E-state index in [1.165, 1.54) is 21.3 Å². The van der Waals surface area contributed by atoms with E-state index in [-0.39, 0.29) is 13.4 Å². The van der Waals surface area contributed by atoms with Crippen molar-refractivity contribution in [3.05, 3.63) is 52.6 Å². The van der Waals surface area contributed by atoms with E-state index >= 15 is 0 Å². The van der Waals surface area contributed by atoms with Crippen molar-refractivity contribution in [2.45, 2.75) is 50.8 Å². The lowest BCUT2D eigenvalue weighted by Crippen LogP contribution is -2.48. The summed E-state index contributed by atoms with van der Waals surface area (Å²) >= 11 is 0. The summed E-state index contributed by atoms with van der Waals surface area (Å²) in [6.45, 7) is 7.26. The summed E-state index contributed by atoms with van der Waals surface area (Å²) in [5, 5.41) is 11.9. The molecule has 4 atom stereocenters. The number of hydrogen-bond donors (Lipinski definition) is 1. The molecule has 1 N–H and O–H groups in total. The predicted molar refractivity (Wildman–Crippen MR) is 147 cm³/mol. The van der Waals surface area contributed by atoms with Gasteiger partial charge in [0.25, 0.3) is 0 Å². The number of cyclic esters (lactones) is 1. The van der Waals surface area contributed by atoms with E-state index < -0.39 is 46.9 Å². The highest BCUT2D eigenvalue weighted by Crippen LogP contribution is 2.57. The van der Waals surface area contributed by atoms with Gasteiger partial charge in [0.05, 0.1) is 50.5 Å². The Balaban J connectivity index is 1.50. The number of benzene rings is 2. The van der Waals surface area contributed by atoms with Gasteiger partial charge in [-0.3, -0.25) is 4.79 Å². The first-order valence-corrected chi connectivity index (χ1v) is 13.8. The van der Waals surface area contributed by atoms with Crippen LogP contribution < -0.4 is 23.7 Å². The number of carbonyl (C=O) groups is 2. The summed E-state index contributed by atoms with van der Waals surface area (Å²) < 4.78 is 40.1. The summed E-state index contributed by atoms with van der Waals surface area (Å²) in [6.07, 6.45) is 0.884. The van der Waals surface area contributed by atoms with Crippen molar-refractivity contribution in [1.29, 1.82) is 0 Å². The van der Waals surface area contributed by atoms with E-state index in [1.807, 2.05) is 38.1 Å². The summed E-state index contributed by atoms with van der Waals surface area (Å²) in [5.41, 5.74) is 0.706. The lowest BCUT2D eigenvalue weighted by Gasteiger charge is -2.39. The summed E-state index contributed by atoms with van der Waals surface area (Å²) in [6, 6.07) is 7.29. The molecule has 4 aliphatic rings. The first-order valence-electron chi connectivity index (χ1n) is 13.8. The number of carbonyl (C=O) groups excluding carboxylic acids is 2. The monoisotopic (exact) mass is 581 g/mol. The Hall–Kier alpha value is -3.96. The third-order valence-electron chi connectivity index (χ3n) is 8.85. The number of methoxy groups -OCH3 is 3. The number of hydrogen-bond acceptors (Lipinski definition) is 11. The number of nitrogens with zero attached hydrogens (tertiary/aromatic N) is 1. The van der Waals surface area contributed by atoms with E-state index in [0.29, 0.717) is 39.9 Å². The third-order valence-corrected chi connectivity index (χ3v) is 8.85. The van der Waals surface area contributed by atoms with E-state index in [0.717, 1.165) is 16.2 Å². The molecule has 1 fully saturated rings. The van der Waals surface area contributed by atoms with E-state index in [2.05, 4.69) is 0 Å². The van der Waals surface area contributed by atoms with Crippen LogP contribution in [0.1, 0.15) is 56.4 Å². The largest absolute Gasteiger partial charge is 0.493 e. The Kier molecular flexibility index (Phi) is 6.58. The summed E-state index contributed by atoms with van der Waals surface area (Å²) in [5.74, 6) is -0.313. The Morgan fingerprint density at radius 1 is 0.929 bits per heavy atom. The van der Waals surface area contributed by atoms with Crippen LogP contribution in [0.3, 0.4) is 0 Å². The first-order chi connectivity index (χ1) is 19.9. The molecule has 0 radical (unpaired) electrons. The predicted octanol–water partition coefficient (Wildman–Crippen LogP) is 4.15. The van der Waals surface area contributed by atoms with Crippen LogP contribution in [0.15, 0.2) is 35.9 Å². The zero-order valence-electron chi connectivity index (χ0n) is 24.7. The third kappa shape index (κ3) is 4.09. The van der Waals surface area contributed by atoms with Crippen molar-refractivity contribution in [3.63, 3.8) is 0 Å². The van der Waals surface area contributed by atoms with Gasteiger partial charge in [0.2, 0.25) is 12.5 Å². The van der Waals surface area contributed by atoms with Gasteiger partial charge in [-0.2, -0.15) is 5.06 Å². The molecule has 0 saturated carbocycles. The SMILES string of the molecule is COc1cc([C@@H]2c3cc4c(cc3[C@@H](OC(=O)C3=CC(C)(C)N(O)C3(C)C)[C@H]3COC(=O)C23)OCO4)cc(OC)c1OC. The van der Waals surface area contributed by atoms with Crippen LogP contribution >= 0.6 is 0 Å². The molecule has 42 heavy (non-hydrogen) atoms. The fraction of sp³-hybridized carbons (Fsp3) is 0.484. The number of esters is 2. The maximum Gasteiger partial charge on any atom is 0.336 e. The molecule has 2 aromatic rings. The van der Waals surface area contributed by atoms with Gasteiger partial charge < -0.3 is 38.4 Å². The van der Waals surface area contributed by atoms with Crippen LogP contribution in [0.25, 0.3) is 0 Å².